The van der Waals surface area contributed by atoms with Gasteiger partial charge in [-0.25, -0.2) is 9.59 Å². The lowest BCUT2D eigenvalue weighted by Crippen LogP contribution is -2.29. The Balaban J connectivity index is 0.000000823. The first-order valence-electron chi connectivity index (χ1n) is 7.28. The third-order valence-corrected chi connectivity index (χ3v) is 3.03. The number of ether oxygens (including phenoxy) is 4. The fraction of sp³-hybridized carbons (Fsp3) is 0.500. The highest BCUT2D eigenvalue weighted by atomic mass is 16.5. The summed E-state index contributed by atoms with van der Waals surface area (Å²) < 4.78 is 21.0. The van der Waals surface area contributed by atoms with Crippen LogP contribution in [0.1, 0.15) is 12.5 Å². The highest BCUT2D eigenvalue weighted by molar-refractivity contribution is 6.27. The highest BCUT2D eigenvalue weighted by Crippen LogP contribution is 2.34. The van der Waals surface area contributed by atoms with E-state index >= 15 is 0 Å². The SMILES string of the molecule is COCC(C)NCc1cc(OC)c(OC)cc1OC.O=C(O)C(=O)O. The van der Waals surface area contributed by atoms with Crippen molar-refractivity contribution in [3.05, 3.63) is 17.7 Å². The molecule has 1 aromatic rings. The molecule has 0 aliphatic carbocycles. The van der Waals surface area contributed by atoms with E-state index in [0.717, 1.165) is 11.3 Å². The number of aliphatic carboxylic acids is 2. The van der Waals surface area contributed by atoms with Gasteiger partial charge in [0.1, 0.15) is 5.75 Å². The normalized spacial score (nSPS) is 10.9. The van der Waals surface area contributed by atoms with Crippen molar-refractivity contribution < 1.29 is 38.7 Å². The summed E-state index contributed by atoms with van der Waals surface area (Å²) in [6, 6.07) is 4.02. The molecule has 142 valence electrons. The Labute approximate surface area is 146 Å². The zero-order chi connectivity index (χ0) is 19.4. The Bertz CT molecular complexity index is 549. The van der Waals surface area contributed by atoms with Crippen LogP contribution in [-0.4, -0.2) is 63.2 Å². The molecule has 0 heterocycles. The molecular formula is C16H25NO8. The Kier molecular flexibility index (Phi) is 10.7. The fourth-order valence-electron chi connectivity index (χ4n) is 1.82. The molecule has 1 rings (SSSR count). The average Bonchev–Trinajstić information content (AvgIpc) is 2.59. The summed E-state index contributed by atoms with van der Waals surface area (Å²) in [5.41, 5.74) is 1.02. The van der Waals surface area contributed by atoms with Gasteiger partial charge in [-0.1, -0.05) is 0 Å². The smallest absolute Gasteiger partial charge is 0.414 e. The standard InChI is InChI=1S/C14H23NO4.C2H2O4/c1-10(9-16-2)15-8-11-6-13(18-4)14(19-5)7-12(11)17-3;3-1(4)2(5)6/h6-7,10,15H,8-9H2,1-5H3;(H,3,4)(H,5,6). The van der Waals surface area contributed by atoms with E-state index in [1.165, 1.54) is 0 Å². The van der Waals surface area contributed by atoms with Crippen LogP contribution in [0.25, 0.3) is 0 Å². The van der Waals surface area contributed by atoms with Crippen molar-refractivity contribution in [2.75, 3.05) is 35.0 Å². The van der Waals surface area contributed by atoms with Crippen LogP contribution in [0, 0.1) is 0 Å². The number of hydrogen-bond acceptors (Lipinski definition) is 7. The van der Waals surface area contributed by atoms with Crippen LogP contribution in [-0.2, 0) is 20.9 Å². The number of hydrogen-bond donors (Lipinski definition) is 3. The number of carboxylic acids is 2. The van der Waals surface area contributed by atoms with Gasteiger partial charge < -0.3 is 34.5 Å². The molecule has 0 saturated heterocycles. The second-order valence-corrected chi connectivity index (χ2v) is 4.87. The van der Waals surface area contributed by atoms with E-state index in [-0.39, 0.29) is 6.04 Å². The minimum Gasteiger partial charge on any atom is -0.496 e. The van der Waals surface area contributed by atoms with Crippen molar-refractivity contribution in [1.82, 2.24) is 5.32 Å². The van der Waals surface area contributed by atoms with Gasteiger partial charge in [0.15, 0.2) is 11.5 Å². The van der Waals surface area contributed by atoms with Gasteiger partial charge in [-0.05, 0) is 13.0 Å². The molecule has 0 aliphatic rings. The van der Waals surface area contributed by atoms with Crippen molar-refractivity contribution in [2.45, 2.75) is 19.5 Å². The van der Waals surface area contributed by atoms with Crippen LogP contribution in [0.2, 0.25) is 0 Å². The summed E-state index contributed by atoms with van der Waals surface area (Å²) in [6.07, 6.45) is 0. The molecular weight excluding hydrogens is 334 g/mol. The van der Waals surface area contributed by atoms with Crippen molar-refractivity contribution >= 4 is 11.9 Å². The molecule has 1 aromatic carbocycles. The van der Waals surface area contributed by atoms with Crippen molar-refractivity contribution in [3.8, 4) is 17.2 Å². The van der Waals surface area contributed by atoms with E-state index in [9.17, 15) is 0 Å². The van der Waals surface area contributed by atoms with Crippen LogP contribution in [0.5, 0.6) is 17.2 Å². The Morgan fingerprint density at radius 3 is 1.84 bits per heavy atom. The molecule has 1 atom stereocenters. The maximum atomic E-state index is 9.10. The predicted octanol–water partition coefficient (Wildman–Crippen LogP) is 0.993. The van der Waals surface area contributed by atoms with E-state index < -0.39 is 11.9 Å². The molecule has 0 amide bonds. The van der Waals surface area contributed by atoms with Gasteiger partial charge in [-0.2, -0.15) is 0 Å². The lowest BCUT2D eigenvalue weighted by molar-refractivity contribution is -0.159. The summed E-state index contributed by atoms with van der Waals surface area (Å²) in [5, 5.41) is 18.1. The van der Waals surface area contributed by atoms with Crippen LogP contribution >= 0.6 is 0 Å². The number of nitrogens with one attached hydrogen (secondary N) is 1. The average molecular weight is 359 g/mol. The molecule has 3 N–H and O–H groups in total. The van der Waals surface area contributed by atoms with Crippen LogP contribution in [0.3, 0.4) is 0 Å². The Morgan fingerprint density at radius 2 is 1.44 bits per heavy atom. The largest absolute Gasteiger partial charge is 0.496 e. The van der Waals surface area contributed by atoms with Gasteiger partial charge in [0.2, 0.25) is 0 Å². The first kappa shape index (κ1) is 22.5. The van der Waals surface area contributed by atoms with Gasteiger partial charge >= 0.3 is 11.9 Å². The second-order valence-electron chi connectivity index (χ2n) is 4.87. The number of benzene rings is 1. The molecule has 9 nitrogen and oxygen atoms in total. The van der Waals surface area contributed by atoms with Crippen molar-refractivity contribution in [3.63, 3.8) is 0 Å². The van der Waals surface area contributed by atoms with E-state index in [4.69, 9.17) is 38.7 Å². The van der Waals surface area contributed by atoms with Gasteiger partial charge in [0.05, 0.1) is 27.9 Å². The van der Waals surface area contributed by atoms with Gasteiger partial charge in [0.25, 0.3) is 0 Å². The van der Waals surface area contributed by atoms with Gasteiger partial charge in [-0.15, -0.1) is 0 Å². The molecule has 1 unspecified atom stereocenters. The van der Waals surface area contributed by atoms with Gasteiger partial charge in [0, 0.05) is 31.3 Å². The molecule has 0 bridgehead atoms. The second kappa shape index (κ2) is 11.9. The maximum Gasteiger partial charge on any atom is 0.414 e. The lowest BCUT2D eigenvalue weighted by Gasteiger charge is -2.17. The summed E-state index contributed by atoms with van der Waals surface area (Å²) in [4.78, 5) is 18.2. The monoisotopic (exact) mass is 359 g/mol. The first-order valence-corrected chi connectivity index (χ1v) is 7.28. The third-order valence-electron chi connectivity index (χ3n) is 3.03. The third kappa shape index (κ3) is 8.23. The van der Waals surface area contributed by atoms with E-state index in [0.29, 0.717) is 24.7 Å². The van der Waals surface area contributed by atoms with Crippen LogP contribution in [0.15, 0.2) is 12.1 Å². The van der Waals surface area contributed by atoms with Crippen LogP contribution < -0.4 is 19.5 Å². The van der Waals surface area contributed by atoms with E-state index in [1.807, 2.05) is 12.1 Å². The number of carboxylic acid groups (broad SMARTS) is 2. The maximum absolute atomic E-state index is 9.10. The van der Waals surface area contributed by atoms with E-state index in [1.54, 1.807) is 28.4 Å². The predicted molar refractivity (Wildman–Crippen MR) is 89.5 cm³/mol. The van der Waals surface area contributed by atoms with Crippen molar-refractivity contribution in [1.29, 1.82) is 0 Å². The number of rotatable bonds is 8. The lowest BCUT2D eigenvalue weighted by atomic mass is 10.1. The Hall–Kier alpha value is -2.52. The zero-order valence-electron chi connectivity index (χ0n) is 15.0. The highest BCUT2D eigenvalue weighted by Gasteiger charge is 2.12. The number of methoxy groups -OCH3 is 4. The molecule has 0 radical (unpaired) electrons. The number of carbonyl (C=O) groups is 2. The molecule has 25 heavy (non-hydrogen) atoms. The molecule has 0 saturated carbocycles. The Morgan fingerprint density at radius 1 is 0.960 bits per heavy atom. The minimum absolute atomic E-state index is 0.266. The van der Waals surface area contributed by atoms with Gasteiger partial charge in [-0.3, -0.25) is 0 Å². The molecule has 0 spiro atoms. The first-order chi connectivity index (χ1) is 11.8. The molecule has 0 aliphatic heterocycles. The molecule has 9 heteroatoms. The van der Waals surface area contributed by atoms with E-state index in [2.05, 4.69) is 12.2 Å². The van der Waals surface area contributed by atoms with Crippen molar-refractivity contribution in [2.24, 2.45) is 0 Å². The molecule has 0 fully saturated rings. The summed E-state index contributed by atoms with van der Waals surface area (Å²) in [6.45, 7) is 3.40. The topological polar surface area (TPSA) is 124 Å². The summed E-state index contributed by atoms with van der Waals surface area (Å²) in [7, 11) is 6.56. The van der Waals surface area contributed by atoms with Crippen LogP contribution in [0.4, 0.5) is 0 Å². The fourth-order valence-corrected chi connectivity index (χ4v) is 1.82. The minimum atomic E-state index is -1.82. The quantitative estimate of drug-likeness (QED) is 0.583. The zero-order valence-corrected chi connectivity index (χ0v) is 15.0. The molecule has 0 aromatic heterocycles. The summed E-state index contributed by atoms with van der Waals surface area (Å²) >= 11 is 0. The summed E-state index contributed by atoms with van der Waals surface area (Å²) in [5.74, 6) is -1.52.